The van der Waals surface area contributed by atoms with Crippen LogP contribution in [0, 0.1) is 6.92 Å². The maximum atomic E-state index is 12.7. The molecule has 6 rings (SSSR count). The molecule has 2 N–H and O–H groups in total. The number of benzene rings is 3. The fourth-order valence-corrected chi connectivity index (χ4v) is 6.17. The third-order valence-electron chi connectivity index (χ3n) is 8.33. The van der Waals surface area contributed by atoms with E-state index in [1.807, 2.05) is 66.7 Å². The van der Waals surface area contributed by atoms with Crippen LogP contribution in [0.15, 0.2) is 94.6 Å². The molecular weight excluding hydrogens is 534 g/mol. The minimum atomic E-state index is -0.987. The molecule has 42 heavy (non-hydrogen) atoms. The van der Waals surface area contributed by atoms with Crippen molar-refractivity contribution in [3.8, 4) is 11.5 Å². The van der Waals surface area contributed by atoms with Gasteiger partial charge in [0.05, 0.1) is 20.3 Å². The standard InChI is InChI=1S/C33H35N3O6/c1-21-20-36(32(38)35-31(21)37)29-19-27-30(41-29)28(17-18-34-27)42-33(22-7-5-4-6-8-22,23-9-13-25(39-2)14-10-23)24-11-15-26(40-3)16-12-24/h4-16,20,27-30,34H,17-19H2,1-3H3,(H,35,37,38)/t27-,28-,29+,30-/m0/s1. The number of H-pyrrole nitrogens is 1. The highest BCUT2D eigenvalue weighted by Crippen LogP contribution is 2.45. The molecule has 4 atom stereocenters. The first-order valence-corrected chi connectivity index (χ1v) is 14.2. The van der Waals surface area contributed by atoms with E-state index in [1.165, 1.54) is 4.57 Å². The van der Waals surface area contributed by atoms with Crippen LogP contribution in [0.3, 0.4) is 0 Å². The lowest BCUT2D eigenvalue weighted by atomic mass is 9.79. The van der Waals surface area contributed by atoms with Crippen LogP contribution in [0.4, 0.5) is 0 Å². The SMILES string of the molecule is COc1ccc(C(O[C@H]2CCN[C@H]3C[C@H](n4cc(C)c(=O)[nH]c4=O)O[C@@H]32)(c2ccccc2)c2ccc(OC)cc2)cc1. The van der Waals surface area contributed by atoms with E-state index in [-0.39, 0.29) is 18.2 Å². The van der Waals surface area contributed by atoms with Gasteiger partial charge in [0.2, 0.25) is 0 Å². The first-order chi connectivity index (χ1) is 20.4. The van der Waals surface area contributed by atoms with Crippen molar-refractivity contribution in [1.29, 1.82) is 0 Å². The summed E-state index contributed by atoms with van der Waals surface area (Å²) in [6, 6.07) is 26.1. The van der Waals surface area contributed by atoms with Gasteiger partial charge in [0.15, 0.2) is 0 Å². The number of aryl methyl sites for hydroxylation is 1. The minimum Gasteiger partial charge on any atom is -0.497 e. The third-order valence-corrected chi connectivity index (χ3v) is 8.33. The highest BCUT2D eigenvalue weighted by Gasteiger charge is 2.48. The molecule has 9 nitrogen and oxygen atoms in total. The highest BCUT2D eigenvalue weighted by molar-refractivity contribution is 5.50. The summed E-state index contributed by atoms with van der Waals surface area (Å²) >= 11 is 0. The second-order valence-electron chi connectivity index (χ2n) is 10.8. The number of hydrogen-bond acceptors (Lipinski definition) is 7. The predicted octanol–water partition coefficient (Wildman–Crippen LogP) is 3.89. The van der Waals surface area contributed by atoms with E-state index < -0.39 is 23.1 Å². The molecule has 2 fully saturated rings. The lowest BCUT2D eigenvalue weighted by Gasteiger charge is -2.43. The van der Waals surface area contributed by atoms with Crippen molar-refractivity contribution in [2.24, 2.45) is 0 Å². The molecule has 3 heterocycles. The van der Waals surface area contributed by atoms with E-state index >= 15 is 0 Å². The Morgan fingerprint density at radius 3 is 2.05 bits per heavy atom. The van der Waals surface area contributed by atoms with Gasteiger partial charge in [-0.2, -0.15) is 0 Å². The first-order valence-electron chi connectivity index (χ1n) is 14.2. The molecule has 0 amide bonds. The van der Waals surface area contributed by atoms with Crippen LogP contribution in [0.2, 0.25) is 0 Å². The molecule has 2 aliphatic rings. The van der Waals surface area contributed by atoms with Gasteiger partial charge in [-0.3, -0.25) is 14.3 Å². The zero-order valence-corrected chi connectivity index (χ0v) is 23.9. The van der Waals surface area contributed by atoms with Crippen LogP contribution >= 0.6 is 0 Å². The van der Waals surface area contributed by atoms with Gasteiger partial charge in [-0.15, -0.1) is 0 Å². The molecule has 218 valence electrons. The summed E-state index contributed by atoms with van der Waals surface area (Å²) in [5, 5.41) is 3.57. The van der Waals surface area contributed by atoms with E-state index in [2.05, 4.69) is 22.4 Å². The number of rotatable bonds is 8. The van der Waals surface area contributed by atoms with Crippen molar-refractivity contribution in [2.45, 2.75) is 49.8 Å². The fraction of sp³-hybridized carbons (Fsp3) is 0.333. The lowest BCUT2D eigenvalue weighted by Crippen LogP contribution is -2.53. The Morgan fingerprint density at radius 1 is 0.857 bits per heavy atom. The molecular formula is C33H35N3O6. The summed E-state index contributed by atoms with van der Waals surface area (Å²) in [6.45, 7) is 2.41. The fourth-order valence-electron chi connectivity index (χ4n) is 6.17. The van der Waals surface area contributed by atoms with E-state index in [4.69, 9.17) is 18.9 Å². The predicted molar refractivity (Wildman–Crippen MR) is 158 cm³/mol. The van der Waals surface area contributed by atoms with Gasteiger partial charge in [0, 0.05) is 24.2 Å². The Kier molecular flexibility index (Phi) is 7.72. The maximum Gasteiger partial charge on any atom is 0.330 e. The zero-order valence-electron chi connectivity index (χ0n) is 23.9. The summed E-state index contributed by atoms with van der Waals surface area (Å²) in [5.41, 5.74) is 1.44. The van der Waals surface area contributed by atoms with E-state index in [1.54, 1.807) is 27.3 Å². The monoisotopic (exact) mass is 569 g/mol. The van der Waals surface area contributed by atoms with Crippen molar-refractivity contribution in [2.75, 3.05) is 20.8 Å². The van der Waals surface area contributed by atoms with Crippen LogP contribution in [0.5, 0.6) is 11.5 Å². The Balaban J connectivity index is 1.44. The topological polar surface area (TPSA) is 104 Å². The van der Waals surface area contributed by atoms with E-state index in [0.29, 0.717) is 18.4 Å². The molecule has 0 aliphatic carbocycles. The average molecular weight is 570 g/mol. The number of ether oxygens (including phenoxy) is 4. The Morgan fingerprint density at radius 2 is 1.45 bits per heavy atom. The third kappa shape index (κ3) is 5.04. The number of nitrogens with one attached hydrogen (secondary N) is 2. The van der Waals surface area contributed by atoms with Crippen molar-refractivity contribution >= 4 is 0 Å². The molecule has 1 aromatic heterocycles. The van der Waals surface area contributed by atoms with Gasteiger partial charge in [-0.05, 0) is 60.8 Å². The van der Waals surface area contributed by atoms with E-state index in [0.717, 1.165) is 34.7 Å². The lowest BCUT2D eigenvalue weighted by molar-refractivity contribution is -0.142. The Labute approximate surface area is 244 Å². The first kappa shape index (κ1) is 28.0. The quantitative estimate of drug-likeness (QED) is 0.311. The Hall–Kier alpha value is -4.18. The molecule has 0 saturated carbocycles. The van der Waals surface area contributed by atoms with Gasteiger partial charge >= 0.3 is 5.69 Å². The van der Waals surface area contributed by atoms with Crippen molar-refractivity contribution in [1.82, 2.24) is 14.9 Å². The number of piperidine rings is 1. The molecule has 0 bridgehead atoms. The summed E-state index contributed by atoms with van der Waals surface area (Å²) in [7, 11) is 3.30. The molecule has 0 spiro atoms. The number of nitrogens with zero attached hydrogens (tertiary/aromatic N) is 1. The van der Waals surface area contributed by atoms with Crippen molar-refractivity contribution < 1.29 is 18.9 Å². The number of hydrogen-bond donors (Lipinski definition) is 2. The number of methoxy groups -OCH3 is 2. The minimum absolute atomic E-state index is 0.0342. The van der Waals surface area contributed by atoms with Crippen LogP contribution < -0.4 is 26.0 Å². The summed E-state index contributed by atoms with van der Waals surface area (Å²) in [6.07, 6.45) is 1.66. The summed E-state index contributed by atoms with van der Waals surface area (Å²) in [4.78, 5) is 27.1. The van der Waals surface area contributed by atoms with Crippen LogP contribution in [-0.2, 0) is 15.1 Å². The molecule has 3 aromatic carbocycles. The second-order valence-corrected chi connectivity index (χ2v) is 10.8. The summed E-state index contributed by atoms with van der Waals surface area (Å²) in [5.74, 6) is 1.50. The normalized spacial score (nSPS) is 22.0. The summed E-state index contributed by atoms with van der Waals surface area (Å²) < 4.78 is 26.4. The zero-order chi connectivity index (χ0) is 29.3. The number of aromatic amines is 1. The van der Waals surface area contributed by atoms with Crippen molar-refractivity contribution in [3.63, 3.8) is 0 Å². The van der Waals surface area contributed by atoms with Gasteiger partial charge < -0.3 is 24.3 Å². The second kappa shape index (κ2) is 11.6. The highest BCUT2D eigenvalue weighted by atomic mass is 16.6. The molecule has 0 unspecified atom stereocenters. The molecule has 4 aromatic rings. The van der Waals surface area contributed by atoms with Crippen LogP contribution in [0.1, 0.15) is 41.3 Å². The van der Waals surface area contributed by atoms with Crippen LogP contribution in [-0.4, -0.2) is 48.6 Å². The Bertz CT molecular complexity index is 1580. The smallest absolute Gasteiger partial charge is 0.330 e. The molecule has 9 heteroatoms. The van der Waals surface area contributed by atoms with Crippen molar-refractivity contribution in [3.05, 3.63) is 128 Å². The van der Waals surface area contributed by atoms with Gasteiger partial charge in [-0.1, -0.05) is 54.6 Å². The molecule has 2 saturated heterocycles. The number of aromatic nitrogens is 2. The largest absolute Gasteiger partial charge is 0.497 e. The molecule has 2 aliphatic heterocycles. The van der Waals surface area contributed by atoms with Gasteiger partial charge in [0.25, 0.3) is 5.56 Å². The molecule has 0 radical (unpaired) electrons. The van der Waals surface area contributed by atoms with E-state index in [9.17, 15) is 9.59 Å². The average Bonchev–Trinajstić information content (AvgIpc) is 3.47. The number of fused-ring (bicyclic) bond motifs is 1. The van der Waals surface area contributed by atoms with Gasteiger partial charge in [-0.25, -0.2) is 4.79 Å². The maximum absolute atomic E-state index is 12.7. The van der Waals surface area contributed by atoms with Gasteiger partial charge in [0.1, 0.15) is 29.4 Å². The van der Waals surface area contributed by atoms with Crippen LogP contribution in [0.25, 0.3) is 0 Å².